The Morgan fingerprint density at radius 3 is 1.93 bits per heavy atom. The fourth-order valence-electron chi connectivity index (χ4n) is 12.0. The highest BCUT2D eigenvalue weighted by molar-refractivity contribution is 6.25. The van der Waals surface area contributed by atoms with Crippen molar-refractivity contribution in [1.29, 1.82) is 0 Å². The normalized spacial score (nSPS) is 15.8. The van der Waals surface area contributed by atoms with Crippen molar-refractivity contribution in [2.45, 2.75) is 25.4 Å². The van der Waals surface area contributed by atoms with E-state index in [2.05, 4.69) is 246 Å². The zero-order valence-corrected chi connectivity index (χ0v) is 39.0. The number of allylic oxidation sites excluding steroid dienone is 1. The lowest BCUT2D eigenvalue weighted by Gasteiger charge is -2.26. The van der Waals surface area contributed by atoms with Gasteiger partial charge in [-0.1, -0.05) is 171 Å². The summed E-state index contributed by atoms with van der Waals surface area (Å²) in [4.78, 5) is 11.2. The second-order valence-corrected chi connectivity index (χ2v) is 19.4. The lowest BCUT2D eigenvalue weighted by Crippen LogP contribution is -2.34. The molecule has 0 spiro atoms. The number of aromatic nitrogens is 2. The first kappa shape index (κ1) is 39.9. The first-order chi connectivity index (χ1) is 35.1. The Balaban J connectivity index is 0.984. The van der Waals surface area contributed by atoms with Crippen LogP contribution in [0.3, 0.4) is 0 Å². The Hall–Kier alpha value is -9.06. The van der Waals surface area contributed by atoms with E-state index in [0.717, 1.165) is 67.5 Å². The van der Waals surface area contributed by atoms with Crippen molar-refractivity contribution in [3.63, 3.8) is 0 Å². The second-order valence-electron chi connectivity index (χ2n) is 19.4. The summed E-state index contributed by atoms with van der Waals surface area (Å²) < 4.78 is 4.94. The fraction of sp³-hybridized carbons (Fsp3) is 0.0606. The zero-order chi connectivity index (χ0) is 46.7. The van der Waals surface area contributed by atoms with Crippen molar-refractivity contribution in [2.24, 2.45) is 9.98 Å². The molecule has 2 unspecified atom stereocenters. The van der Waals surface area contributed by atoms with Crippen LogP contribution in [0.5, 0.6) is 0 Å². The minimum absolute atomic E-state index is 0.387. The molecule has 0 radical (unpaired) electrons. The van der Waals surface area contributed by atoms with Crippen LogP contribution in [0.15, 0.2) is 228 Å². The summed E-state index contributed by atoms with van der Waals surface area (Å²) in [6.07, 6.45) is 5.30. The maximum Gasteiger partial charge on any atom is 0.162 e. The molecule has 0 fully saturated rings. The quantitative estimate of drug-likeness (QED) is 0.172. The Labute approximate surface area is 410 Å². The van der Waals surface area contributed by atoms with E-state index in [1.807, 2.05) is 0 Å². The number of fused-ring (bicyclic) bond motifs is 12. The summed E-state index contributed by atoms with van der Waals surface area (Å²) in [5.41, 5.74) is 12.7. The Bertz CT molecular complexity index is 4490. The molecule has 0 saturated heterocycles. The van der Waals surface area contributed by atoms with E-state index < -0.39 is 0 Å². The van der Waals surface area contributed by atoms with Crippen LogP contribution in [0, 0.1) is 0 Å². The third-order valence-electron chi connectivity index (χ3n) is 15.3. The van der Waals surface area contributed by atoms with Gasteiger partial charge in [-0.05, 0) is 133 Å². The van der Waals surface area contributed by atoms with Crippen molar-refractivity contribution in [3.05, 3.63) is 246 Å². The Morgan fingerprint density at radius 1 is 0.465 bits per heavy atom. The molecule has 5 heteroatoms. The minimum Gasteiger partial charge on any atom is -0.344 e. The van der Waals surface area contributed by atoms with Gasteiger partial charge >= 0.3 is 0 Å². The molecule has 5 nitrogen and oxygen atoms in total. The molecule has 1 aliphatic carbocycles. The number of hydrogen-bond donors (Lipinski definition) is 1. The third-order valence-corrected chi connectivity index (χ3v) is 15.3. The van der Waals surface area contributed by atoms with Crippen LogP contribution in [-0.2, 0) is 0 Å². The monoisotopic (exact) mass is 907 g/mol. The fourth-order valence-corrected chi connectivity index (χ4v) is 12.0. The number of benzene rings is 11. The standard InChI is InChI=1S/C66H45N5/c1-40-16-15-21-45-36-56-52-26-11-13-28-58(52)70(62(56)39-54(40)45)47-32-30-43-35-55-53-27-12-14-29-59(53)71(61(55)38-46(43)34-47)60-33-31-41-17-5-8-23-49(41)63(60)66-68-64(42-18-3-2-4-19-42)67-65(69-66)57-37-44-20-6-7-22-48(44)50-24-9-10-25-51(50)57/h2-15,17-40,64H,16H2,1H3,(H,67,68,69). The largest absolute Gasteiger partial charge is 0.344 e. The summed E-state index contributed by atoms with van der Waals surface area (Å²) in [7, 11) is 0. The first-order valence-corrected chi connectivity index (χ1v) is 24.7. The van der Waals surface area contributed by atoms with Crippen LogP contribution in [0.1, 0.15) is 53.2 Å². The first-order valence-electron chi connectivity index (χ1n) is 24.7. The average Bonchev–Trinajstić information content (AvgIpc) is 3.93. The van der Waals surface area contributed by atoms with Crippen LogP contribution < -0.4 is 5.32 Å². The van der Waals surface area contributed by atoms with Gasteiger partial charge < -0.3 is 14.5 Å². The number of hydrogen-bond acceptors (Lipinski definition) is 3. The highest BCUT2D eigenvalue weighted by atomic mass is 15.2. The zero-order valence-electron chi connectivity index (χ0n) is 39.0. The van der Waals surface area contributed by atoms with Gasteiger partial charge in [0.15, 0.2) is 5.84 Å². The summed E-state index contributed by atoms with van der Waals surface area (Å²) in [5.74, 6) is 1.94. The van der Waals surface area contributed by atoms with Crippen molar-refractivity contribution >= 4 is 104 Å². The van der Waals surface area contributed by atoms with Gasteiger partial charge in [-0.25, -0.2) is 9.98 Å². The van der Waals surface area contributed by atoms with Crippen LogP contribution in [0.4, 0.5) is 0 Å². The Morgan fingerprint density at radius 2 is 1.11 bits per heavy atom. The number of amidine groups is 2. The predicted octanol–water partition coefficient (Wildman–Crippen LogP) is 16.5. The summed E-state index contributed by atoms with van der Waals surface area (Å²) in [6, 6.07) is 77.7. The molecular weight excluding hydrogens is 863 g/mol. The van der Waals surface area contributed by atoms with E-state index in [-0.39, 0.29) is 6.17 Å². The van der Waals surface area contributed by atoms with E-state index in [9.17, 15) is 0 Å². The van der Waals surface area contributed by atoms with Gasteiger partial charge in [-0.2, -0.15) is 0 Å². The smallest absolute Gasteiger partial charge is 0.162 e. The SMILES string of the molecule is CC1CC=Cc2cc3c4ccccc4n(-c4ccc5cc6c7ccccc7n(-c7ccc8ccccc8c7C7=NC(c8ccccc8)NC(c8cc9ccccc9c9ccccc89)=N7)c6cc5c4)c3cc21. The molecular formula is C66H45N5. The molecule has 334 valence electrons. The highest BCUT2D eigenvalue weighted by Crippen LogP contribution is 2.42. The van der Waals surface area contributed by atoms with Crippen molar-refractivity contribution in [3.8, 4) is 11.4 Å². The molecule has 2 aromatic heterocycles. The Kier molecular flexibility index (Phi) is 8.69. The molecule has 0 saturated carbocycles. The van der Waals surface area contributed by atoms with Crippen molar-refractivity contribution in [2.75, 3.05) is 0 Å². The molecule has 1 N–H and O–H groups in total. The molecule has 0 amide bonds. The maximum atomic E-state index is 5.64. The van der Waals surface area contributed by atoms with Gasteiger partial charge in [0, 0.05) is 32.8 Å². The van der Waals surface area contributed by atoms with E-state index in [0.29, 0.717) is 11.8 Å². The van der Waals surface area contributed by atoms with Crippen LogP contribution in [0.2, 0.25) is 0 Å². The lowest BCUT2D eigenvalue weighted by atomic mass is 9.87. The van der Waals surface area contributed by atoms with Gasteiger partial charge in [-0.15, -0.1) is 0 Å². The van der Waals surface area contributed by atoms with Gasteiger partial charge in [0.05, 0.1) is 33.3 Å². The molecule has 2 atom stereocenters. The molecule has 13 aromatic rings. The highest BCUT2D eigenvalue weighted by Gasteiger charge is 2.27. The second kappa shape index (κ2) is 15.5. The third kappa shape index (κ3) is 6.12. The van der Waals surface area contributed by atoms with Gasteiger partial charge in [-0.3, -0.25) is 0 Å². The van der Waals surface area contributed by atoms with Gasteiger partial charge in [0.25, 0.3) is 0 Å². The number of aliphatic imine (C=N–C) groups is 2. The van der Waals surface area contributed by atoms with E-state index in [4.69, 9.17) is 9.98 Å². The summed E-state index contributed by atoms with van der Waals surface area (Å²) in [6.45, 7) is 2.35. The van der Waals surface area contributed by atoms with E-state index in [1.165, 1.54) is 70.6 Å². The number of nitrogens with one attached hydrogen (secondary N) is 1. The predicted molar refractivity (Wildman–Crippen MR) is 299 cm³/mol. The lowest BCUT2D eigenvalue weighted by molar-refractivity contribution is 0.675. The molecule has 71 heavy (non-hydrogen) atoms. The molecule has 15 rings (SSSR count). The minimum atomic E-state index is -0.387. The topological polar surface area (TPSA) is 46.6 Å². The molecule has 2 aliphatic rings. The molecule has 1 aliphatic heterocycles. The van der Waals surface area contributed by atoms with Crippen LogP contribution in [0.25, 0.3) is 104 Å². The van der Waals surface area contributed by atoms with E-state index >= 15 is 0 Å². The average molecular weight is 908 g/mol. The van der Waals surface area contributed by atoms with E-state index in [1.54, 1.807) is 0 Å². The number of nitrogens with zero attached hydrogens (tertiary/aromatic N) is 4. The van der Waals surface area contributed by atoms with Crippen molar-refractivity contribution < 1.29 is 0 Å². The summed E-state index contributed by atoms with van der Waals surface area (Å²) >= 11 is 0. The number of rotatable bonds is 5. The molecule has 3 heterocycles. The molecule has 0 bridgehead atoms. The van der Waals surface area contributed by atoms with Crippen LogP contribution in [-0.4, -0.2) is 20.8 Å². The summed E-state index contributed by atoms with van der Waals surface area (Å²) in [5, 5.41) is 18.1. The maximum absolute atomic E-state index is 5.64. The number of para-hydroxylation sites is 2. The van der Waals surface area contributed by atoms with Crippen LogP contribution >= 0.6 is 0 Å². The van der Waals surface area contributed by atoms with Gasteiger partial charge in [0.2, 0.25) is 0 Å². The van der Waals surface area contributed by atoms with Crippen molar-refractivity contribution in [1.82, 2.24) is 14.5 Å². The van der Waals surface area contributed by atoms with Gasteiger partial charge in [0.1, 0.15) is 12.0 Å². The molecule has 11 aromatic carbocycles.